The summed E-state index contributed by atoms with van der Waals surface area (Å²) >= 11 is 0. The summed E-state index contributed by atoms with van der Waals surface area (Å²) in [5, 5.41) is 0. The van der Waals surface area contributed by atoms with Crippen molar-refractivity contribution in [3.8, 4) is 5.75 Å². The number of ether oxygens (including phenoxy) is 3. The van der Waals surface area contributed by atoms with Crippen LogP contribution in [0, 0.1) is 12.8 Å². The van der Waals surface area contributed by atoms with E-state index in [9.17, 15) is 13.2 Å². The monoisotopic (exact) mass is 445 g/mol. The van der Waals surface area contributed by atoms with E-state index in [1.54, 1.807) is 26.2 Å². The van der Waals surface area contributed by atoms with Gasteiger partial charge in [-0.3, -0.25) is 4.79 Å². The first-order valence-corrected chi connectivity index (χ1v) is 11.9. The lowest BCUT2D eigenvalue weighted by molar-refractivity contribution is -0.147. The number of methoxy groups -OCH3 is 1. The Labute approximate surface area is 182 Å². The van der Waals surface area contributed by atoms with Gasteiger partial charge in [-0.1, -0.05) is 23.8 Å². The van der Waals surface area contributed by atoms with E-state index in [0.29, 0.717) is 12.8 Å². The number of fused-ring (bicyclic) bond motifs is 4. The third-order valence-electron chi connectivity index (χ3n) is 5.95. The van der Waals surface area contributed by atoms with Crippen molar-refractivity contribution in [2.24, 2.45) is 5.92 Å². The Morgan fingerprint density at radius 3 is 2.65 bits per heavy atom. The molecule has 0 aliphatic carbocycles. The molecule has 0 radical (unpaired) electrons. The Morgan fingerprint density at radius 2 is 1.97 bits per heavy atom. The van der Waals surface area contributed by atoms with E-state index in [0.717, 1.165) is 22.4 Å². The summed E-state index contributed by atoms with van der Waals surface area (Å²) in [6.07, 6.45) is 0.770. The lowest BCUT2D eigenvalue weighted by atomic mass is 9.89. The van der Waals surface area contributed by atoms with Gasteiger partial charge in [-0.2, -0.15) is 4.72 Å². The summed E-state index contributed by atoms with van der Waals surface area (Å²) in [5.41, 5.74) is 3.02. The Kier molecular flexibility index (Phi) is 6.05. The molecule has 1 saturated heterocycles. The van der Waals surface area contributed by atoms with E-state index in [1.807, 2.05) is 25.1 Å². The highest BCUT2D eigenvalue weighted by atomic mass is 32.2. The fourth-order valence-electron chi connectivity index (χ4n) is 4.44. The molecule has 1 N–H and O–H groups in total. The predicted octanol–water partition coefficient (Wildman–Crippen LogP) is 2.92. The zero-order valence-electron chi connectivity index (χ0n) is 17.8. The fourth-order valence-corrected chi connectivity index (χ4v) is 5.68. The van der Waals surface area contributed by atoms with Crippen LogP contribution in [-0.2, 0) is 30.7 Å². The summed E-state index contributed by atoms with van der Waals surface area (Å²) in [6, 6.07) is 11.2. The second-order valence-corrected chi connectivity index (χ2v) is 9.73. The minimum absolute atomic E-state index is 0.0876. The van der Waals surface area contributed by atoms with E-state index < -0.39 is 28.1 Å². The van der Waals surface area contributed by atoms with Gasteiger partial charge in [-0.25, -0.2) is 8.42 Å². The van der Waals surface area contributed by atoms with Gasteiger partial charge in [0.15, 0.2) is 0 Å². The van der Waals surface area contributed by atoms with Gasteiger partial charge in [-0.15, -0.1) is 0 Å². The molecule has 2 heterocycles. The molecule has 2 aromatic rings. The van der Waals surface area contributed by atoms with Crippen molar-refractivity contribution in [2.75, 3.05) is 13.7 Å². The van der Waals surface area contributed by atoms with Gasteiger partial charge in [0.25, 0.3) is 0 Å². The molecule has 2 aromatic carbocycles. The highest BCUT2D eigenvalue weighted by molar-refractivity contribution is 7.89. The zero-order valence-corrected chi connectivity index (χ0v) is 18.6. The van der Waals surface area contributed by atoms with Crippen LogP contribution in [-0.4, -0.2) is 40.2 Å². The molecule has 7 nitrogen and oxygen atoms in total. The van der Waals surface area contributed by atoms with Gasteiger partial charge < -0.3 is 14.2 Å². The van der Waals surface area contributed by atoms with E-state index in [-0.39, 0.29) is 23.5 Å². The van der Waals surface area contributed by atoms with Gasteiger partial charge >= 0.3 is 5.97 Å². The molecule has 0 amide bonds. The molecule has 0 spiro atoms. The first-order chi connectivity index (χ1) is 14.8. The highest BCUT2D eigenvalue weighted by Gasteiger charge is 2.48. The molecule has 166 valence electrons. The Bertz CT molecular complexity index is 1070. The number of carbonyl (C=O) groups excluding carboxylic acids is 1. The van der Waals surface area contributed by atoms with Crippen LogP contribution >= 0.6 is 0 Å². The number of benzene rings is 2. The molecule has 8 heteroatoms. The minimum atomic E-state index is -3.92. The van der Waals surface area contributed by atoms with Crippen LogP contribution in [0.3, 0.4) is 0 Å². The second-order valence-electron chi connectivity index (χ2n) is 8.01. The van der Waals surface area contributed by atoms with Crippen LogP contribution in [0.15, 0.2) is 47.4 Å². The Balaban J connectivity index is 1.66. The molecule has 0 unspecified atom stereocenters. The molecule has 0 aromatic heterocycles. The summed E-state index contributed by atoms with van der Waals surface area (Å²) in [7, 11) is -2.30. The molecule has 2 bridgehead atoms. The molecule has 4 rings (SSSR count). The summed E-state index contributed by atoms with van der Waals surface area (Å²) in [6.45, 7) is 3.75. The van der Waals surface area contributed by atoms with Crippen molar-refractivity contribution in [2.45, 2.75) is 49.8 Å². The molecular formula is C23H27NO6S. The predicted molar refractivity (Wildman–Crippen MR) is 114 cm³/mol. The fraction of sp³-hybridized carbons (Fsp3) is 0.435. The van der Waals surface area contributed by atoms with E-state index in [2.05, 4.69) is 4.72 Å². The maximum absolute atomic E-state index is 13.1. The molecule has 31 heavy (non-hydrogen) atoms. The number of rotatable bonds is 7. The molecule has 1 fully saturated rings. The average molecular weight is 446 g/mol. The number of nitrogens with one attached hydrogen (secondary N) is 1. The van der Waals surface area contributed by atoms with Gasteiger partial charge in [-0.05, 0) is 62.1 Å². The molecule has 2 aliphatic heterocycles. The number of sulfonamides is 1. The first kappa shape index (κ1) is 21.8. The lowest BCUT2D eigenvalue weighted by Gasteiger charge is -2.29. The smallest absolute Gasteiger partial charge is 0.324 e. The SMILES string of the molecule is CCOC(=O)[C@@H](NS(=O)(=O)c1ccc(C)cc1)[C@@H]1C[C@H]2Cc3cc(OC)ccc3[C@@H]1O2. The quantitative estimate of drug-likeness (QED) is 0.659. The van der Waals surface area contributed by atoms with Gasteiger partial charge in [0.1, 0.15) is 11.8 Å². The van der Waals surface area contributed by atoms with E-state index in [1.165, 1.54) is 12.1 Å². The van der Waals surface area contributed by atoms with Crippen molar-refractivity contribution in [1.82, 2.24) is 4.72 Å². The number of carbonyl (C=O) groups is 1. The third-order valence-corrected chi connectivity index (χ3v) is 7.41. The third kappa shape index (κ3) is 4.33. The maximum Gasteiger partial charge on any atom is 0.324 e. The van der Waals surface area contributed by atoms with Crippen LogP contribution in [0.2, 0.25) is 0 Å². The first-order valence-electron chi connectivity index (χ1n) is 10.4. The molecular weight excluding hydrogens is 418 g/mol. The Morgan fingerprint density at radius 1 is 1.23 bits per heavy atom. The number of hydrogen-bond acceptors (Lipinski definition) is 6. The standard InChI is InChI=1S/C23H27NO6S/c1-4-29-23(25)21(24-31(26,27)18-8-5-14(2)6-9-18)20-13-17-12-15-11-16(28-3)7-10-19(15)22(20)30-17/h5-11,17,20-22,24H,4,12-13H2,1-3H3/t17-,20+,21+,22+/m1/s1. The maximum atomic E-state index is 13.1. The van der Waals surface area contributed by atoms with Crippen molar-refractivity contribution in [1.29, 1.82) is 0 Å². The number of hydrogen-bond donors (Lipinski definition) is 1. The number of aryl methyl sites for hydroxylation is 1. The average Bonchev–Trinajstić information content (AvgIpc) is 3.09. The Hall–Kier alpha value is -2.42. The van der Waals surface area contributed by atoms with Crippen molar-refractivity contribution in [3.63, 3.8) is 0 Å². The summed E-state index contributed by atoms with van der Waals surface area (Å²) in [4.78, 5) is 13.0. The number of esters is 1. The summed E-state index contributed by atoms with van der Waals surface area (Å²) < 4.78 is 45.5. The summed E-state index contributed by atoms with van der Waals surface area (Å²) in [5.74, 6) is -0.202. The van der Waals surface area contributed by atoms with Crippen LogP contribution in [0.1, 0.15) is 36.1 Å². The van der Waals surface area contributed by atoms with Gasteiger partial charge in [0.05, 0.1) is 30.8 Å². The van der Waals surface area contributed by atoms with Crippen LogP contribution in [0.5, 0.6) is 5.75 Å². The van der Waals surface area contributed by atoms with Gasteiger partial charge in [0, 0.05) is 5.92 Å². The van der Waals surface area contributed by atoms with Crippen molar-refractivity contribution in [3.05, 3.63) is 59.2 Å². The molecule has 4 atom stereocenters. The van der Waals surface area contributed by atoms with Crippen LogP contribution in [0.25, 0.3) is 0 Å². The van der Waals surface area contributed by atoms with E-state index >= 15 is 0 Å². The molecule has 2 aliphatic rings. The zero-order chi connectivity index (χ0) is 22.2. The van der Waals surface area contributed by atoms with Crippen LogP contribution < -0.4 is 9.46 Å². The van der Waals surface area contributed by atoms with Crippen molar-refractivity contribution >= 4 is 16.0 Å². The van der Waals surface area contributed by atoms with Crippen LogP contribution in [0.4, 0.5) is 0 Å². The van der Waals surface area contributed by atoms with Crippen molar-refractivity contribution < 1.29 is 27.4 Å². The second kappa shape index (κ2) is 8.61. The highest BCUT2D eigenvalue weighted by Crippen LogP contribution is 2.47. The lowest BCUT2D eigenvalue weighted by Crippen LogP contribution is -2.47. The minimum Gasteiger partial charge on any atom is -0.497 e. The topological polar surface area (TPSA) is 90.9 Å². The van der Waals surface area contributed by atoms with E-state index in [4.69, 9.17) is 14.2 Å². The normalized spacial score (nSPS) is 23.1. The largest absolute Gasteiger partial charge is 0.497 e. The molecule has 0 saturated carbocycles. The van der Waals surface area contributed by atoms with Gasteiger partial charge in [0.2, 0.25) is 10.0 Å².